The second-order valence-corrected chi connectivity index (χ2v) is 7.61. The molecule has 4 N–H and O–H groups in total. The number of ether oxygens (including phenoxy) is 2. The number of aromatic nitrogens is 1. The maximum atomic E-state index is 13.2. The second kappa shape index (κ2) is 10.2. The van der Waals surface area contributed by atoms with Crippen LogP contribution in [-0.2, 0) is 6.54 Å². The van der Waals surface area contributed by atoms with Crippen LogP contribution in [0.25, 0.3) is 0 Å². The summed E-state index contributed by atoms with van der Waals surface area (Å²) < 4.78 is 35.3. The van der Waals surface area contributed by atoms with Crippen LogP contribution in [0.3, 0.4) is 0 Å². The summed E-state index contributed by atoms with van der Waals surface area (Å²) in [6.07, 6.45) is -1.33. The molecule has 182 valence electrons. The van der Waals surface area contributed by atoms with Crippen molar-refractivity contribution in [2.75, 3.05) is 22.5 Å². The van der Waals surface area contributed by atoms with E-state index in [9.17, 15) is 18.4 Å². The van der Waals surface area contributed by atoms with E-state index in [1.54, 1.807) is 42.6 Å². The van der Waals surface area contributed by atoms with Crippen molar-refractivity contribution in [3.05, 3.63) is 71.9 Å². The van der Waals surface area contributed by atoms with Gasteiger partial charge >= 0.3 is 12.3 Å². The molecule has 0 fully saturated rings. The van der Waals surface area contributed by atoms with Gasteiger partial charge in [0.25, 0.3) is 5.91 Å². The quantitative estimate of drug-likeness (QED) is 0.366. The number of hydrogen-bond donors (Lipinski definition) is 4. The number of pyridine rings is 1. The van der Waals surface area contributed by atoms with Crippen LogP contribution in [0, 0.1) is 0 Å². The van der Waals surface area contributed by atoms with E-state index in [0.717, 1.165) is 12.0 Å². The number of nitrogens with one attached hydrogen (secondary N) is 4. The van der Waals surface area contributed by atoms with Crippen LogP contribution in [0.2, 0.25) is 0 Å². The van der Waals surface area contributed by atoms with Crippen LogP contribution >= 0.6 is 0 Å². The number of urea groups is 1. The maximum absolute atomic E-state index is 13.2. The maximum Gasteiger partial charge on any atom is 0.586 e. The Bertz CT molecular complexity index is 1240. The lowest BCUT2D eigenvalue weighted by Gasteiger charge is -2.13. The van der Waals surface area contributed by atoms with Crippen LogP contribution in [0.1, 0.15) is 29.3 Å². The molecule has 2 heterocycles. The third-order valence-corrected chi connectivity index (χ3v) is 4.92. The molecule has 1 aliphatic heterocycles. The first-order valence-corrected chi connectivity index (χ1v) is 10.9. The predicted octanol–water partition coefficient (Wildman–Crippen LogP) is 4.80. The minimum Gasteiger partial charge on any atom is -0.395 e. The lowest BCUT2D eigenvalue weighted by molar-refractivity contribution is -0.286. The third-order valence-electron chi connectivity index (χ3n) is 4.92. The topological polar surface area (TPSA) is 114 Å². The minimum absolute atomic E-state index is 0.107. The van der Waals surface area contributed by atoms with Crippen molar-refractivity contribution in [1.82, 2.24) is 10.3 Å². The van der Waals surface area contributed by atoms with Crippen LogP contribution in [0.5, 0.6) is 11.5 Å². The molecule has 3 aromatic rings. The van der Waals surface area contributed by atoms with Crippen molar-refractivity contribution >= 4 is 29.1 Å². The average Bonchev–Trinajstić information content (AvgIpc) is 3.15. The molecule has 0 bridgehead atoms. The second-order valence-electron chi connectivity index (χ2n) is 7.61. The van der Waals surface area contributed by atoms with E-state index in [0.29, 0.717) is 30.2 Å². The molecule has 0 spiro atoms. The van der Waals surface area contributed by atoms with E-state index in [1.165, 1.54) is 18.2 Å². The molecule has 35 heavy (non-hydrogen) atoms. The first-order chi connectivity index (χ1) is 16.8. The summed E-state index contributed by atoms with van der Waals surface area (Å²) in [6.45, 7) is 2.88. The molecule has 0 saturated carbocycles. The Labute approximate surface area is 199 Å². The highest BCUT2D eigenvalue weighted by Crippen LogP contribution is 2.42. The number of amides is 3. The fourth-order valence-electron chi connectivity index (χ4n) is 3.31. The average molecular weight is 483 g/mol. The fourth-order valence-corrected chi connectivity index (χ4v) is 3.31. The number of anilines is 3. The molecule has 3 amide bonds. The van der Waals surface area contributed by atoms with Crippen LogP contribution in [-0.4, -0.2) is 29.8 Å². The van der Waals surface area contributed by atoms with Crippen molar-refractivity contribution in [2.45, 2.75) is 26.2 Å². The molecule has 1 aliphatic rings. The lowest BCUT2D eigenvalue weighted by atomic mass is 10.1. The van der Waals surface area contributed by atoms with Gasteiger partial charge in [-0.15, -0.1) is 8.78 Å². The zero-order chi connectivity index (χ0) is 24.8. The molecular formula is C24H23F2N5O4. The van der Waals surface area contributed by atoms with E-state index in [-0.39, 0.29) is 23.2 Å². The standard InChI is InChI=1S/C24H23F2N5O4/c1-2-10-28-23(33)31-21-12-15(9-11-27-21)14-29-18-6-4-3-5-17(18)22(32)30-16-7-8-19-20(13-16)35-24(25,26)34-19/h3-9,11-13,29H,2,10,14H2,1H3,(H,30,32)(H2,27,28,31,33). The van der Waals surface area contributed by atoms with Gasteiger partial charge in [0.2, 0.25) is 0 Å². The van der Waals surface area contributed by atoms with Gasteiger partial charge in [-0.05, 0) is 48.4 Å². The van der Waals surface area contributed by atoms with Crippen molar-refractivity contribution in [1.29, 1.82) is 0 Å². The van der Waals surface area contributed by atoms with Gasteiger partial charge < -0.3 is 25.4 Å². The first-order valence-electron chi connectivity index (χ1n) is 10.9. The molecule has 0 atom stereocenters. The molecule has 11 heteroatoms. The van der Waals surface area contributed by atoms with Crippen LogP contribution in [0.15, 0.2) is 60.8 Å². The summed E-state index contributed by atoms with van der Waals surface area (Å²) in [6, 6.07) is 14.1. The highest BCUT2D eigenvalue weighted by molar-refractivity contribution is 6.08. The SMILES string of the molecule is CCCNC(=O)Nc1cc(CNc2ccccc2C(=O)Nc2ccc3c(c2)OC(F)(F)O3)ccn1. The van der Waals surface area contributed by atoms with Crippen molar-refractivity contribution in [3.8, 4) is 11.5 Å². The predicted molar refractivity (Wildman–Crippen MR) is 126 cm³/mol. The number of hydrogen-bond acceptors (Lipinski definition) is 6. The van der Waals surface area contributed by atoms with E-state index in [1.807, 2.05) is 6.92 Å². The number of carbonyl (C=O) groups excluding carboxylic acids is 2. The summed E-state index contributed by atoms with van der Waals surface area (Å²) in [5.74, 6) is -0.311. The van der Waals surface area contributed by atoms with E-state index < -0.39 is 12.2 Å². The van der Waals surface area contributed by atoms with Gasteiger partial charge in [-0.3, -0.25) is 10.1 Å². The molecular weight excluding hydrogens is 460 g/mol. The van der Waals surface area contributed by atoms with E-state index >= 15 is 0 Å². The Morgan fingerprint density at radius 2 is 1.80 bits per heavy atom. The van der Waals surface area contributed by atoms with E-state index in [2.05, 4.69) is 35.7 Å². The number of halogens is 2. The third kappa shape index (κ3) is 6.14. The normalized spacial score (nSPS) is 13.1. The largest absolute Gasteiger partial charge is 0.586 e. The summed E-state index contributed by atoms with van der Waals surface area (Å²) in [5.41, 5.74) is 2.01. The minimum atomic E-state index is -3.73. The number of rotatable bonds is 8. The fraction of sp³-hybridized carbons (Fsp3) is 0.208. The van der Waals surface area contributed by atoms with Crippen molar-refractivity contribution in [3.63, 3.8) is 0 Å². The zero-order valence-corrected chi connectivity index (χ0v) is 18.7. The Kier molecular flexibility index (Phi) is 6.95. The Morgan fingerprint density at radius 3 is 2.63 bits per heavy atom. The summed E-state index contributed by atoms with van der Waals surface area (Å²) in [4.78, 5) is 28.9. The van der Waals surface area contributed by atoms with Crippen molar-refractivity contribution in [2.24, 2.45) is 0 Å². The molecule has 0 radical (unpaired) electrons. The summed E-state index contributed by atoms with van der Waals surface area (Å²) in [7, 11) is 0. The Balaban J connectivity index is 1.41. The van der Waals surface area contributed by atoms with Crippen LogP contribution in [0.4, 0.5) is 30.8 Å². The van der Waals surface area contributed by atoms with Gasteiger partial charge in [-0.25, -0.2) is 9.78 Å². The number of carbonyl (C=O) groups is 2. The van der Waals surface area contributed by atoms with Gasteiger partial charge in [-0.1, -0.05) is 19.1 Å². The van der Waals surface area contributed by atoms with E-state index in [4.69, 9.17) is 0 Å². The zero-order valence-electron chi connectivity index (χ0n) is 18.7. The summed E-state index contributed by atoms with van der Waals surface area (Å²) in [5, 5.41) is 11.3. The molecule has 0 aliphatic carbocycles. The van der Waals surface area contributed by atoms with Gasteiger partial charge in [-0.2, -0.15) is 0 Å². The Morgan fingerprint density at radius 1 is 1.00 bits per heavy atom. The molecule has 1 aromatic heterocycles. The van der Waals surface area contributed by atoms with Gasteiger partial charge in [0.15, 0.2) is 11.5 Å². The van der Waals surface area contributed by atoms with Crippen molar-refractivity contribution < 1.29 is 27.8 Å². The highest BCUT2D eigenvalue weighted by atomic mass is 19.3. The summed E-state index contributed by atoms with van der Waals surface area (Å²) >= 11 is 0. The number of fused-ring (bicyclic) bond motifs is 1. The van der Waals surface area contributed by atoms with Gasteiger partial charge in [0.05, 0.1) is 5.56 Å². The number of nitrogens with zero attached hydrogens (tertiary/aromatic N) is 1. The van der Waals surface area contributed by atoms with Gasteiger partial charge in [0, 0.05) is 36.7 Å². The molecule has 4 rings (SSSR count). The molecule has 0 unspecified atom stereocenters. The smallest absolute Gasteiger partial charge is 0.395 e. The molecule has 9 nitrogen and oxygen atoms in total. The number of para-hydroxylation sites is 1. The molecule has 2 aromatic carbocycles. The highest BCUT2D eigenvalue weighted by Gasteiger charge is 2.43. The first kappa shape index (κ1) is 23.7. The number of benzene rings is 2. The van der Waals surface area contributed by atoms with Crippen LogP contribution < -0.4 is 30.7 Å². The monoisotopic (exact) mass is 483 g/mol. The Hall–Kier alpha value is -4.41. The van der Waals surface area contributed by atoms with Gasteiger partial charge in [0.1, 0.15) is 5.82 Å². The lowest BCUT2D eigenvalue weighted by Crippen LogP contribution is -2.29. The molecule has 0 saturated heterocycles. The number of alkyl halides is 2.